The Labute approximate surface area is 150 Å². The van der Waals surface area contributed by atoms with Gasteiger partial charge in [-0.3, -0.25) is 9.36 Å². The minimum absolute atomic E-state index is 0.0303. The third-order valence-electron chi connectivity index (χ3n) is 4.14. The Hall–Kier alpha value is -3.22. The summed E-state index contributed by atoms with van der Waals surface area (Å²) < 4.78 is 12.1. The van der Waals surface area contributed by atoms with Crippen LogP contribution in [-0.4, -0.2) is 29.7 Å². The maximum atomic E-state index is 12.6. The first-order valence-electron chi connectivity index (χ1n) is 8.22. The smallest absolute Gasteiger partial charge is 0.326 e. The number of rotatable bonds is 5. The summed E-state index contributed by atoms with van der Waals surface area (Å²) in [6.07, 6.45) is 0. The second kappa shape index (κ2) is 6.95. The van der Waals surface area contributed by atoms with Crippen molar-refractivity contribution in [3.63, 3.8) is 0 Å². The summed E-state index contributed by atoms with van der Waals surface area (Å²) in [5, 5.41) is 2.82. The van der Waals surface area contributed by atoms with Gasteiger partial charge in [-0.15, -0.1) is 0 Å². The third kappa shape index (κ3) is 3.15. The molecule has 0 bridgehead atoms. The molecule has 0 aliphatic heterocycles. The highest BCUT2D eigenvalue weighted by Gasteiger charge is 2.13. The normalized spacial score (nSPS) is 11.0. The second-order valence-corrected chi connectivity index (χ2v) is 6.15. The predicted molar refractivity (Wildman–Crippen MR) is 100 cm³/mol. The fourth-order valence-electron chi connectivity index (χ4n) is 2.90. The lowest BCUT2D eigenvalue weighted by Crippen LogP contribution is -2.18. The lowest BCUT2D eigenvalue weighted by molar-refractivity contribution is 0.102. The number of aromatic nitrogens is 2. The van der Waals surface area contributed by atoms with Crippen molar-refractivity contribution < 1.29 is 14.3 Å². The highest BCUT2D eigenvalue weighted by molar-refractivity contribution is 6.06. The highest BCUT2D eigenvalue weighted by atomic mass is 16.5. The molecule has 1 amide bonds. The first kappa shape index (κ1) is 17.6. The third-order valence-corrected chi connectivity index (χ3v) is 4.14. The summed E-state index contributed by atoms with van der Waals surface area (Å²) in [5.74, 6) is 0.830. The van der Waals surface area contributed by atoms with Crippen molar-refractivity contribution in [1.29, 1.82) is 0 Å². The number of aromatic amines is 1. The highest BCUT2D eigenvalue weighted by Crippen LogP contribution is 2.30. The van der Waals surface area contributed by atoms with Gasteiger partial charge in [0, 0.05) is 23.4 Å². The lowest BCUT2D eigenvalue weighted by Gasteiger charge is -2.11. The Morgan fingerprint density at radius 1 is 1.08 bits per heavy atom. The molecule has 0 saturated carbocycles. The summed E-state index contributed by atoms with van der Waals surface area (Å²) in [6.45, 7) is 3.87. The number of H-pyrrole nitrogens is 1. The van der Waals surface area contributed by atoms with Gasteiger partial charge in [0.2, 0.25) is 0 Å². The number of nitrogens with one attached hydrogen (secondary N) is 2. The van der Waals surface area contributed by atoms with Crippen LogP contribution in [0.5, 0.6) is 11.5 Å². The molecule has 0 radical (unpaired) electrons. The molecule has 3 aromatic rings. The molecule has 1 heterocycles. The van der Waals surface area contributed by atoms with Gasteiger partial charge in [-0.2, -0.15) is 0 Å². The quantitative estimate of drug-likeness (QED) is 0.736. The number of carbonyl (C=O) groups excluding carboxylic acids is 1. The molecule has 0 aliphatic rings. The average Bonchev–Trinajstić information content (AvgIpc) is 2.96. The van der Waals surface area contributed by atoms with Gasteiger partial charge in [0.25, 0.3) is 5.91 Å². The van der Waals surface area contributed by atoms with Crippen LogP contribution >= 0.6 is 0 Å². The van der Waals surface area contributed by atoms with E-state index in [0.29, 0.717) is 28.3 Å². The number of hydrogen-bond acceptors (Lipinski definition) is 4. The molecule has 0 saturated heterocycles. The Kier molecular flexibility index (Phi) is 4.71. The summed E-state index contributed by atoms with van der Waals surface area (Å²) in [5.41, 5.74) is 2.24. The molecule has 0 atom stereocenters. The molecule has 0 spiro atoms. The van der Waals surface area contributed by atoms with Crippen LogP contribution < -0.4 is 20.5 Å². The Morgan fingerprint density at radius 3 is 2.46 bits per heavy atom. The van der Waals surface area contributed by atoms with Crippen LogP contribution in [0.1, 0.15) is 30.2 Å². The number of hydrogen-bond donors (Lipinski definition) is 2. The van der Waals surface area contributed by atoms with E-state index < -0.39 is 0 Å². The minimum Gasteiger partial charge on any atom is -0.493 e. The number of nitrogens with zero attached hydrogens (tertiary/aromatic N) is 1. The van der Waals surface area contributed by atoms with E-state index in [-0.39, 0.29) is 17.6 Å². The summed E-state index contributed by atoms with van der Waals surface area (Å²) in [7, 11) is 3.09. The number of anilines is 1. The van der Waals surface area contributed by atoms with Crippen LogP contribution in [0.25, 0.3) is 11.0 Å². The summed E-state index contributed by atoms with van der Waals surface area (Å²) in [4.78, 5) is 27.4. The fraction of sp³-hybridized carbons (Fsp3) is 0.263. The number of fused-ring (bicyclic) bond motifs is 1. The van der Waals surface area contributed by atoms with E-state index in [1.54, 1.807) is 48.1 Å². The van der Waals surface area contributed by atoms with Gasteiger partial charge in [0.1, 0.15) is 0 Å². The number of amides is 1. The van der Waals surface area contributed by atoms with E-state index in [9.17, 15) is 9.59 Å². The molecule has 7 nitrogen and oxygen atoms in total. The zero-order valence-electron chi connectivity index (χ0n) is 15.1. The van der Waals surface area contributed by atoms with Crippen LogP contribution in [0.15, 0.2) is 41.2 Å². The van der Waals surface area contributed by atoms with Crippen LogP contribution in [-0.2, 0) is 0 Å². The van der Waals surface area contributed by atoms with E-state index in [2.05, 4.69) is 10.3 Å². The number of carbonyl (C=O) groups is 1. The molecule has 2 N–H and O–H groups in total. The van der Waals surface area contributed by atoms with Crippen molar-refractivity contribution in [2.75, 3.05) is 19.5 Å². The van der Waals surface area contributed by atoms with Crippen molar-refractivity contribution in [2.45, 2.75) is 19.9 Å². The number of imidazole rings is 1. The summed E-state index contributed by atoms with van der Waals surface area (Å²) >= 11 is 0. The molecule has 2 aromatic carbocycles. The van der Waals surface area contributed by atoms with E-state index >= 15 is 0 Å². The van der Waals surface area contributed by atoms with Gasteiger partial charge >= 0.3 is 5.69 Å². The first-order chi connectivity index (χ1) is 12.4. The van der Waals surface area contributed by atoms with Gasteiger partial charge < -0.3 is 19.8 Å². The molecule has 3 rings (SSSR count). The van der Waals surface area contributed by atoms with Crippen molar-refractivity contribution in [1.82, 2.24) is 9.55 Å². The molecular weight excluding hydrogens is 334 g/mol. The molecule has 26 heavy (non-hydrogen) atoms. The first-order valence-corrected chi connectivity index (χ1v) is 8.22. The average molecular weight is 355 g/mol. The fourth-order valence-corrected chi connectivity index (χ4v) is 2.90. The Bertz CT molecular complexity index is 1020. The number of ether oxygens (including phenoxy) is 2. The Balaban J connectivity index is 1.90. The Morgan fingerprint density at radius 2 is 1.81 bits per heavy atom. The van der Waals surface area contributed by atoms with E-state index in [0.717, 1.165) is 5.52 Å². The molecule has 7 heteroatoms. The van der Waals surface area contributed by atoms with E-state index in [4.69, 9.17) is 9.47 Å². The van der Waals surface area contributed by atoms with Crippen molar-refractivity contribution >= 4 is 22.6 Å². The molecule has 136 valence electrons. The molecular formula is C19H21N3O4. The zero-order chi connectivity index (χ0) is 18.8. The van der Waals surface area contributed by atoms with Crippen LogP contribution in [0.4, 0.5) is 5.69 Å². The van der Waals surface area contributed by atoms with Gasteiger partial charge in [-0.1, -0.05) is 0 Å². The molecule has 1 aromatic heterocycles. The zero-order valence-corrected chi connectivity index (χ0v) is 15.1. The SMILES string of the molecule is COc1ccc(NC(=O)c2ccc3c(c2)[nH]c(=O)n3C(C)C)cc1OC. The van der Waals surface area contributed by atoms with Gasteiger partial charge in [-0.05, 0) is 44.2 Å². The topological polar surface area (TPSA) is 85.4 Å². The van der Waals surface area contributed by atoms with Crippen molar-refractivity contribution in [2.24, 2.45) is 0 Å². The van der Waals surface area contributed by atoms with E-state index in [1.807, 2.05) is 13.8 Å². The van der Waals surface area contributed by atoms with Gasteiger partial charge in [0.15, 0.2) is 11.5 Å². The number of methoxy groups -OCH3 is 2. The van der Waals surface area contributed by atoms with Crippen LogP contribution in [0, 0.1) is 0 Å². The molecule has 0 aliphatic carbocycles. The maximum absolute atomic E-state index is 12.6. The molecule has 0 fully saturated rings. The van der Waals surface area contributed by atoms with Gasteiger partial charge in [0.05, 0.1) is 25.3 Å². The van der Waals surface area contributed by atoms with Crippen LogP contribution in [0.3, 0.4) is 0 Å². The van der Waals surface area contributed by atoms with Gasteiger partial charge in [-0.25, -0.2) is 4.79 Å². The predicted octanol–water partition coefficient (Wildman–Crippen LogP) is 3.18. The largest absolute Gasteiger partial charge is 0.493 e. The summed E-state index contributed by atoms with van der Waals surface area (Å²) in [6, 6.07) is 10.3. The lowest BCUT2D eigenvalue weighted by atomic mass is 10.1. The molecule has 0 unspecified atom stereocenters. The maximum Gasteiger partial charge on any atom is 0.326 e. The standard InChI is InChI=1S/C19H21N3O4/c1-11(2)22-15-7-5-12(9-14(15)21-19(22)24)18(23)20-13-6-8-16(25-3)17(10-13)26-4/h5-11H,1-4H3,(H,20,23)(H,21,24). The second-order valence-electron chi connectivity index (χ2n) is 6.15. The van der Waals surface area contributed by atoms with Crippen molar-refractivity contribution in [3.8, 4) is 11.5 Å². The van der Waals surface area contributed by atoms with E-state index in [1.165, 1.54) is 7.11 Å². The number of benzene rings is 2. The minimum atomic E-state index is -0.280. The monoisotopic (exact) mass is 355 g/mol. The van der Waals surface area contributed by atoms with Crippen LogP contribution in [0.2, 0.25) is 0 Å². The van der Waals surface area contributed by atoms with Crippen molar-refractivity contribution in [3.05, 3.63) is 52.4 Å².